The van der Waals surface area contributed by atoms with Crippen molar-refractivity contribution in [2.75, 3.05) is 6.61 Å². The number of hydrogen-bond donors (Lipinski definition) is 0. The normalized spacial score (nSPS) is 10.1. The number of furan rings is 1. The first-order valence-electron chi connectivity index (χ1n) is 5.16. The number of carbonyl (C=O) groups excluding carboxylic acids is 2. The first kappa shape index (κ1) is 12.6. The molecule has 0 aliphatic rings. The molecule has 1 aromatic heterocycles. The van der Waals surface area contributed by atoms with Gasteiger partial charge in [0.05, 0.1) is 6.26 Å². The molecule has 0 bridgehead atoms. The summed E-state index contributed by atoms with van der Waals surface area (Å²) in [6.45, 7) is -0.304. The third-order valence-corrected chi connectivity index (χ3v) is 2.75. The molecule has 1 aromatic carbocycles. The molecular formula is C13H9BrO4. The highest BCUT2D eigenvalue weighted by Crippen LogP contribution is 2.11. The Morgan fingerprint density at radius 3 is 2.50 bits per heavy atom. The zero-order chi connectivity index (χ0) is 13.0. The van der Waals surface area contributed by atoms with Crippen molar-refractivity contribution in [2.45, 2.75) is 0 Å². The van der Waals surface area contributed by atoms with Crippen molar-refractivity contribution in [2.24, 2.45) is 0 Å². The van der Waals surface area contributed by atoms with Gasteiger partial charge < -0.3 is 9.15 Å². The van der Waals surface area contributed by atoms with Gasteiger partial charge in [-0.25, -0.2) is 4.79 Å². The number of carbonyl (C=O) groups is 2. The van der Waals surface area contributed by atoms with Gasteiger partial charge >= 0.3 is 5.97 Å². The van der Waals surface area contributed by atoms with Crippen LogP contribution in [0.2, 0.25) is 0 Å². The van der Waals surface area contributed by atoms with E-state index in [0.29, 0.717) is 5.56 Å². The molecule has 0 aliphatic heterocycles. The van der Waals surface area contributed by atoms with Gasteiger partial charge in [-0.3, -0.25) is 4.79 Å². The molecule has 0 saturated carbocycles. The molecule has 0 atom stereocenters. The first-order chi connectivity index (χ1) is 8.66. The van der Waals surface area contributed by atoms with E-state index in [1.165, 1.54) is 12.3 Å². The van der Waals surface area contributed by atoms with Crippen LogP contribution in [0.3, 0.4) is 0 Å². The number of benzene rings is 1. The summed E-state index contributed by atoms with van der Waals surface area (Å²) >= 11 is 3.27. The Balaban J connectivity index is 1.92. The summed E-state index contributed by atoms with van der Waals surface area (Å²) in [4.78, 5) is 23.1. The summed E-state index contributed by atoms with van der Waals surface area (Å²) in [7, 11) is 0. The third-order valence-electron chi connectivity index (χ3n) is 2.22. The Morgan fingerprint density at radius 2 is 1.89 bits per heavy atom. The number of hydrogen-bond acceptors (Lipinski definition) is 4. The molecule has 2 aromatic rings. The Bertz CT molecular complexity index is 543. The number of ether oxygens (including phenoxy) is 1. The maximum atomic E-state index is 11.7. The largest absolute Gasteiger partial charge is 0.457 e. The van der Waals surface area contributed by atoms with Crippen LogP contribution < -0.4 is 0 Å². The summed E-state index contributed by atoms with van der Waals surface area (Å²) in [6, 6.07) is 9.88. The molecule has 0 saturated heterocycles. The van der Waals surface area contributed by atoms with Crippen LogP contribution in [-0.4, -0.2) is 18.4 Å². The maximum Gasteiger partial charge on any atom is 0.374 e. The first-order valence-corrected chi connectivity index (χ1v) is 5.95. The van der Waals surface area contributed by atoms with Crippen LogP contribution >= 0.6 is 15.9 Å². The minimum absolute atomic E-state index is 0.0820. The van der Waals surface area contributed by atoms with Gasteiger partial charge in [-0.2, -0.15) is 0 Å². The summed E-state index contributed by atoms with van der Waals surface area (Å²) in [6.07, 6.45) is 1.37. The Labute approximate surface area is 112 Å². The SMILES string of the molecule is O=C(COC(=O)c1ccco1)c1ccc(Br)cc1. The molecule has 0 N–H and O–H groups in total. The summed E-state index contributed by atoms with van der Waals surface area (Å²) < 4.78 is 10.6. The Hall–Kier alpha value is -1.88. The second-order valence-electron chi connectivity index (χ2n) is 3.48. The molecule has 5 heteroatoms. The van der Waals surface area contributed by atoms with Crippen molar-refractivity contribution in [1.82, 2.24) is 0 Å². The van der Waals surface area contributed by atoms with Gasteiger partial charge in [0.15, 0.2) is 12.4 Å². The second kappa shape index (κ2) is 5.64. The average molecular weight is 309 g/mol. The predicted octanol–water partition coefficient (Wildman–Crippen LogP) is 3.08. The number of halogens is 1. The highest BCUT2D eigenvalue weighted by Gasteiger charge is 2.13. The van der Waals surface area contributed by atoms with Crippen molar-refractivity contribution in [3.8, 4) is 0 Å². The number of ketones is 1. The number of esters is 1. The lowest BCUT2D eigenvalue weighted by molar-refractivity contribution is 0.0444. The zero-order valence-corrected chi connectivity index (χ0v) is 10.8. The van der Waals surface area contributed by atoms with E-state index in [-0.39, 0.29) is 18.2 Å². The fourth-order valence-electron chi connectivity index (χ4n) is 1.32. The quantitative estimate of drug-likeness (QED) is 0.643. The fraction of sp³-hybridized carbons (Fsp3) is 0.0769. The maximum absolute atomic E-state index is 11.7. The van der Waals surface area contributed by atoms with E-state index in [1.807, 2.05) is 0 Å². The van der Waals surface area contributed by atoms with Gasteiger partial charge in [-0.05, 0) is 24.3 Å². The molecule has 0 unspecified atom stereocenters. The highest BCUT2D eigenvalue weighted by molar-refractivity contribution is 9.10. The minimum atomic E-state index is -0.648. The lowest BCUT2D eigenvalue weighted by Gasteiger charge is -2.02. The second-order valence-corrected chi connectivity index (χ2v) is 4.40. The highest BCUT2D eigenvalue weighted by atomic mass is 79.9. The molecule has 0 spiro atoms. The van der Waals surface area contributed by atoms with Gasteiger partial charge in [0, 0.05) is 10.0 Å². The van der Waals surface area contributed by atoms with Crippen molar-refractivity contribution >= 4 is 27.7 Å². The minimum Gasteiger partial charge on any atom is -0.457 e. The number of Topliss-reactive ketones (excluding diaryl/α,β-unsaturated/α-hetero) is 1. The van der Waals surface area contributed by atoms with Gasteiger partial charge in [-0.15, -0.1) is 0 Å². The van der Waals surface area contributed by atoms with E-state index < -0.39 is 5.97 Å². The third kappa shape index (κ3) is 3.07. The topological polar surface area (TPSA) is 56.5 Å². The molecule has 0 fully saturated rings. The fourth-order valence-corrected chi connectivity index (χ4v) is 1.58. The predicted molar refractivity (Wildman–Crippen MR) is 67.5 cm³/mol. The standard InChI is InChI=1S/C13H9BrO4/c14-10-5-3-9(4-6-10)11(15)8-18-13(16)12-2-1-7-17-12/h1-7H,8H2. The van der Waals surface area contributed by atoms with Crippen LogP contribution in [0.4, 0.5) is 0 Å². The van der Waals surface area contributed by atoms with Crippen molar-refractivity contribution in [3.63, 3.8) is 0 Å². The molecule has 0 aliphatic carbocycles. The van der Waals surface area contributed by atoms with Gasteiger partial charge in [0.25, 0.3) is 0 Å². The monoisotopic (exact) mass is 308 g/mol. The molecule has 92 valence electrons. The van der Waals surface area contributed by atoms with E-state index in [4.69, 9.17) is 9.15 Å². The van der Waals surface area contributed by atoms with E-state index in [9.17, 15) is 9.59 Å². The molecule has 0 radical (unpaired) electrons. The summed E-state index contributed by atoms with van der Waals surface area (Å²) in [5.41, 5.74) is 0.491. The lowest BCUT2D eigenvalue weighted by atomic mass is 10.1. The molecule has 0 amide bonds. The Kier molecular flexibility index (Phi) is 3.94. The van der Waals surface area contributed by atoms with Gasteiger partial charge in [-0.1, -0.05) is 28.1 Å². The molecule has 4 nitrogen and oxygen atoms in total. The van der Waals surface area contributed by atoms with E-state index in [2.05, 4.69) is 15.9 Å². The van der Waals surface area contributed by atoms with E-state index in [0.717, 1.165) is 4.47 Å². The van der Waals surface area contributed by atoms with Crippen LogP contribution in [0.5, 0.6) is 0 Å². The molecule has 2 rings (SSSR count). The van der Waals surface area contributed by atoms with Gasteiger partial charge in [0.1, 0.15) is 0 Å². The number of rotatable bonds is 4. The van der Waals surface area contributed by atoms with Crippen LogP contribution in [0, 0.1) is 0 Å². The van der Waals surface area contributed by atoms with E-state index in [1.54, 1.807) is 30.3 Å². The lowest BCUT2D eigenvalue weighted by Crippen LogP contribution is -2.13. The van der Waals surface area contributed by atoms with Crippen LogP contribution in [0.15, 0.2) is 51.6 Å². The summed E-state index contributed by atoms with van der Waals surface area (Å²) in [5.74, 6) is -0.827. The Morgan fingerprint density at radius 1 is 1.17 bits per heavy atom. The van der Waals surface area contributed by atoms with Gasteiger partial charge in [0.2, 0.25) is 5.76 Å². The van der Waals surface area contributed by atoms with Crippen molar-refractivity contribution < 1.29 is 18.7 Å². The molecule has 1 heterocycles. The molecular weight excluding hydrogens is 300 g/mol. The van der Waals surface area contributed by atoms with E-state index >= 15 is 0 Å². The smallest absolute Gasteiger partial charge is 0.374 e. The van der Waals surface area contributed by atoms with Crippen LogP contribution in [0.1, 0.15) is 20.9 Å². The summed E-state index contributed by atoms with van der Waals surface area (Å²) in [5, 5.41) is 0. The van der Waals surface area contributed by atoms with Crippen LogP contribution in [0.25, 0.3) is 0 Å². The van der Waals surface area contributed by atoms with Crippen molar-refractivity contribution in [1.29, 1.82) is 0 Å². The average Bonchev–Trinajstić information content (AvgIpc) is 2.90. The zero-order valence-electron chi connectivity index (χ0n) is 9.26. The van der Waals surface area contributed by atoms with Crippen molar-refractivity contribution in [3.05, 3.63) is 58.5 Å². The van der Waals surface area contributed by atoms with Crippen LogP contribution in [-0.2, 0) is 4.74 Å². The molecule has 18 heavy (non-hydrogen) atoms.